The summed E-state index contributed by atoms with van der Waals surface area (Å²) in [6, 6.07) is 0. The lowest BCUT2D eigenvalue weighted by molar-refractivity contribution is -0.129. The van der Waals surface area contributed by atoms with Crippen LogP contribution in [0.5, 0.6) is 0 Å². The SMILES string of the molecule is CN(C(=O)C1CC=CC1)S(C)(=O)=O. The van der Waals surface area contributed by atoms with E-state index < -0.39 is 10.0 Å². The molecule has 0 spiro atoms. The van der Waals surface area contributed by atoms with E-state index in [2.05, 4.69) is 0 Å². The first-order chi connectivity index (χ1) is 5.93. The molecule has 0 unspecified atom stereocenters. The van der Waals surface area contributed by atoms with E-state index in [9.17, 15) is 13.2 Å². The summed E-state index contributed by atoms with van der Waals surface area (Å²) in [4.78, 5) is 11.5. The van der Waals surface area contributed by atoms with Crippen molar-refractivity contribution < 1.29 is 13.2 Å². The van der Waals surface area contributed by atoms with Gasteiger partial charge in [-0.05, 0) is 12.8 Å². The maximum Gasteiger partial charge on any atom is 0.239 e. The standard InChI is InChI=1S/C8H13NO3S/c1-9(13(2,11)12)8(10)7-5-3-4-6-7/h3-4,7H,5-6H2,1-2H3. The first kappa shape index (κ1) is 10.2. The Hall–Kier alpha value is -0.840. The van der Waals surface area contributed by atoms with Crippen molar-refractivity contribution in [3.05, 3.63) is 12.2 Å². The van der Waals surface area contributed by atoms with Gasteiger partial charge in [0.2, 0.25) is 15.9 Å². The molecule has 0 heterocycles. The van der Waals surface area contributed by atoms with E-state index in [1.54, 1.807) is 0 Å². The third-order valence-corrected chi connectivity index (χ3v) is 3.34. The number of hydrogen-bond donors (Lipinski definition) is 0. The zero-order valence-electron chi connectivity index (χ0n) is 7.73. The summed E-state index contributed by atoms with van der Waals surface area (Å²) in [5.41, 5.74) is 0. The molecular formula is C8H13NO3S. The van der Waals surface area contributed by atoms with Gasteiger partial charge < -0.3 is 0 Å². The minimum Gasteiger partial charge on any atom is -0.273 e. The third-order valence-electron chi connectivity index (χ3n) is 2.16. The topological polar surface area (TPSA) is 54.5 Å². The van der Waals surface area contributed by atoms with E-state index in [0.717, 1.165) is 10.6 Å². The van der Waals surface area contributed by atoms with Gasteiger partial charge in [-0.3, -0.25) is 4.79 Å². The van der Waals surface area contributed by atoms with Gasteiger partial charge in [-0.15, -0.1) is 0 Å². The Morgan fingerprint density at radius 3 is 2.23 bits per heavy atom. The molecule has 0 saturated heterocycles. The molecule has 1 amide bonds. The summed E-state index contributed by atoms with van der Waals surface area (Å²) >= 11 is 0. The summed E-state index contributed by atoms with van der Waals surface area (Å²) in [5.74, 6) is -0.493. The normalized spacial score (nSPS) is 17.7. The van der Waals surface area contributed by atoms with E-state index in [4.69, 9.17) is 0 Å². The highest BCUT2D eigenvalue weighted by Gasteiger charge is 2.27. The summed E-state index contributed by atoms with van der Waals surface area (Å²) < 4.78 is 22.9. The summed E-state index contributed by atoms with van der Waals surface area (Å²) in [7, 11) is -2.08. The molecule has 0 aliphatic heterocycles. The number of allylic oxidation sites excluding steroid dienone is 2. The summed E-state index contributed by atoms with van der Waals surface area (Å²) in [5, 5.41) is 0. The minimum atomic E-state index is -3.38. The van der Waals surface area contributed by atoms with E-state index in [1.807, 2.05) is 12.2 Å². The molecule has 0 saturated carbocycles. The fourth-order valence-corrected chi connectivity index (χ4v) is 1.72. The van der Waals surface area contributed by atoms with Crippen molar-refractivity contribution >= 4 is 15.9 Å². The number of hydrogen-bond acceptors (Lipinski definition) is 3. The van der Waals surface area contributed by atoms with E-state index in [1.165, 1.54) is 7.05 Å². The number of carbonyl (C=O) groups is 1. The van der Waals surface area contributed by atoms with Gasteiger partial charge in [-0.25, -0.2) is 12.7 Å². The molecule has 5 heteroatoms. The van der Waals surface area contributed by atoms with Crippen LogP contribution in [0.25, 0.3) is 0 Å². The number of rotatable bonds is 2. The largest absolute Gasteiger partial charge is 0.273 e. The van der Waals surface area contributed by atoms with Crippen molar-refractivity contribution in [2.45, 2.75) is 12.8 Å². The predicted octanol–water partition coefficient (Wildman–Crippen LogP) is 0.371. The van der Waals surface area contributed by atoms with Crippen molar-refractivity contribution in [1.82, 2.24) is 4.31 Å². The number of carbonyl (C=O) groups excluding carboxylic acids is 1. The van der Waals surface area contributed by atoms with Crippen LogP contribution in [0.15, 0.2) is 12.2 Å². The molecule has 0 bridgehead atoms. The fraction of sp³-hybridized carbons (Fsp3) is 0.625. The van der Waals surface area contributed by atoms with Crippen LogP contribution in [0, 0.1) is 5.92 Å². The van der Waals surface area contributed by atoms with Gasteiger partial charge in [-0.2, -0.15) is 0 Å². The van der Waals surface area contributed by atoms with E-state index in [0.29, 0.717) is 12.8 Å². The molecule has 0 aromatic rings. The molecule has 0 aromatic heterocycles. The van der Waals surface area contributed by atoms with Crippen molar-refractivity contribution in [2.75, 3.05) is 13.3 Å². The van der Waals surface area contributed by atoms with Crippen LogP contribution in [0.2, 0.25) is 0 Å². The second kappa shape index (κ2) is 3.49. The van der Waals surface area contributed by atoms with Crippen LogP contribution in [0.4, 0.5) is 0 Å². The maximum absolute atomic E-state index is 11.5. The van der Waals surface area contributed by atoms with Gasteiger partial charge >= 0.3 is 0 Å². The zero-order chi connectivity index (χ0) is 10.1. The molecule has 1 aliphatic rings. The summed E-state index contributed by atoms with van der Waals surface area (Å²) in [6.45, 7) is 0. The molecule has 4 nitrogen and oxygen atoms in total. The highest BCUT2D eigenvalue weighted by Crippen LogP contribution is 2.20. The highest BCUT2D eigenvalue weighted by molar-refractivity contribution is 7.88. The van der Waals surface area contributed by atoms with Gasteiger partial charge in [0.15, 0.2) is 0 Å². The predicted molar refractivity (Wildman–Crippen MR) is 49.5 cm³/mol. The average Bonchev–Trinajstić information content (AvgIpc) is 2.51. The molecule has 0 radical (unpaired) electrons. The van der Waals surface area contributed by atoms with Crippen LogP contribution in [0.3, 0.4) is 0 Å². The van der Waals surface area contributed by atoms with E-state index in [-0.39, 0.29) is 11.8 Å². The van der Waals surface area contributed by atoms with Gasteiger partial charge in [0.1, 0.15) is 0 Å². The lowest BCUT2D eigenvalue weighted by Gasteiger charge is -2.18. The van der Waals surface area contributed by atoms with Gasteiger partial charge in [0.05, 0.1) is 6.26 Å². The second-order valence-corrected chi connectivity index (χ2v) is 5.22. The lowest BCUT2D eigenvalue weighted by atomic mass is 10.1. The average molecular weight is 203 g/mol. The van der Waals surface area contributed by atoms with Crippen molar-refractivity contribution in [1.29, 1.82) is 0 Å². The van der Waals surface area contributed by atoms with Crippen LogP contribution >= 0.6 is 0 Å². The third kappa shape index (κ3) is 2.30. The molecular weight excluding hydrogens is 190 g/mol. The zero-order valence-corrected chi connectivity index (χ0v) is 8.54. The van der Waals surface area contributed by atoms with Gasteiger partial charge in [-0.1, -0.05) is 12.2 Å². The molecule has 13 heavy (non-hydrogen) atoms. The number of nitrogens with zero attached hydrogens (tertiary/aromatic N) is 1. The molecule has 0 aromatic carbocycles. The first-order valence-electron chi connectivity index (χ1n) is 4.05. The Morgan fingerprint density at radius 2 is 1.85 bits per heavy atom. The number of amides is 1. The van der Waals surface area contributed by atoms with Crippen LogP contribution < -0.4 is 0 Å². The Balaban J connectivity index is 2.68. The summed E-state index contributed by atoms with van der Waals surface area (Å²) in [6.07, 6.45) is 6.14. The van der Waals surface area contributed by atoms with Crippen LogP contribution in [0.1, 0.15) is 12.8 Å². The van der Waals surface area contributed by atoms with Gasteiger partial charge in [0, 0.05) is 13.0 Å². The minimum absolute atomic E-state index is 0.181. The quantitative estimate of drug-likeness (QED) is 0.609. The van der Waals surface area contributed by atoms with Gasteiger partial charge in [0.25, 0.3) is 0 Å². The van der Waals surface area contributed by atoms with Crippen molar-refractivity contribution in [3.8, 4) is 0 Å². The van der Waals surface area contributed by atoms with E-state index >= 15 is 0 Å². The number of sulfonamides is 1. The Kier molecular flexibility index (Phi) is 2.75. The lowest BCUT2D eigenvalue weighted by Crippen LogP contribution is -2.36. The Bertz CT molecular complexity index is 323. The van der Waals surface area contributed by atoms with Crippen molar-refractivity contribution in [2.24, 2.45) is 5.92 Å². The molecule has 0 fully saturated rings. The van der Waals surface area contributed by atoms with Crippen LogP contribution in [-0.2, 0) is 14.8 Å². The second-order valence-electron chi connectivity index (χ2n) is 3.21. The monoisotopic (exact) mass is 203 g/mol. The van der Waals surface area contributed by atoms with Crippen LogP contribution in [-0.4, -0.2) is 31.9 Å². The van der Waals surface area contributed by atoms with Crippen molar-refractivity contribution in [3.63, 3.8) is 0 Å². The molecule has 1 aliphatic carbocycles. The highest BCUT2D eigenvalue weighted by atomic mass is 32.2. The molecule has 0 N–H and O–H groups in total. The molecule has 74 valence electrons. The smallest absolute Gasteiger partial charge is 0.239 e. The molecule has 0 atom stereocenters. The Morgan fingerprint density at radius 1 is 1.38 bits per heavy atom. The maximum atomic E-state index is 11.5. The first-order valence-corrected chi connectivity index (χ1v) is 5.90. The molecule has 1 rings (SSSR count). The fourth-order valence-electron chi connectivity index (χ4n) is 1.24. The Labute approximate surface area is 78.3 Å².